The van der Waals surface area contributed by atoms with Crippen LogP contribution >= 0.6 is 0 Å². The number of methoxy groups -OCH3 is 2. The first-order chi connectivity index (χ1) is 15.4. The zero-order valence-electron chi connectivity index (χ0n) is 17.6. The molecule has 1 saturated heterocycles. The van der Waals surface area contributed by atoms with Crippen molar-refractivity contribution in [2.45, 2.75) is 6.10 Å². The van der Waals surface area contributed by atoms with Crippen LogP contribution in [-0.2, 0) is 14.9 Å². The average molecular weight is 462 g/mol. The van der Waals surface area contributed by atoms with Crippen LogP contribution in [0.3, 0.4) is 0 Å². The second kappa shape index (κ2) is 9.20. The molecule has 1 fully saturated rings. The van der Waals surface area contributed by atoms with E-state index in [1.807, 2.05) is 6.07 Å². The van der Waals surface area contributed by atoms with E-state index in [0.29, 0.717) is 28.2 Å². The van der Waals surface area contributed by atoms with Crippen LogP contribution < -0.4 is 19.3 Å². The van der Waals surface area contributed by atoms with E-state index in [1.54, 1.807) is 44.8 Å². The highest BCUT2D eigenvalue weighted by Gasteiger charge is 2.28. The number of ether oxygens (including phenoxy) is 4. The summed E-state index contributed by atoms with van der Waals surface area (Å²) in [5.74, 6) is 1.42. The lowest BCUT2D eigenvalue weighted by molar-refractivity contribution is -0.0254. The number of aromatic nitrogens is 3. The smallest absolute Gasteiger partial charge is 0.277 e. The molecule has 2 N–H and O–H groups in total. The first-order valence-corrected chi connectivity index (χ1v) is 11.3. The van der Waals surface area contributed by atoms with E-state index in [4.69, 9.17) is 24.1 Å². The zero-order valence-corrected chi connectivity index (χ0v) is 18.4. The van der Waals surface area contributed by atoms with Crippen molar-refractivity contribution in [3.63, 3.8) is 0 Å². The van der Waals surface area contributed by atoms with Gasteiger partial charge in [-0.3, -0.25) is 4.98 Å². The molecule has 1 aromatic carbocycles. The molecule has 11 nitrogen and oxygen atoms in total. The molecular formula is C20H23N5O6S. The normalized spacial score (nSPS) is 17.3. The van der Waals surface area contributed by atoms with E-state index in [2.05, 4.69) is 15.0 Å². The van der Waals surface area contributed by atoms with Crippen LogP contribution in [-0.4, -0.2) is 74.3 Å². The third-order valence-corrected chi connectivity index (χ3v) is 6.02. The Morgan fingerprint density at radius 1 is 1.16 bits per heavy atom. The number of rotatable bonds is 7. The van der Waals surface area contributed by atoms with Crippen molar-refractivity contribution in [3.8, 4) is 28.6 Å². The summed E-state index contributed by atoms with van der Waals surface area (Å²) in [6.45, 7) is 0.596. The third kappa shape index (κ3) is 4.72. The second-order valence-corrected chi connectivity index (χ2v) is 8.56. The van der Waals surface area contributed by atoms with Crippen molar-refractivity contribution in [2.24, 2.45) is 5.14 Å². The number of fused-ring (bicyclic) bond motifs is 1. The van der Waals surface area contributed by atoms with Crippen molar-refractivity contribution < 1.29 is 27.4 Å². The SMILES string of the molecule is COc1ccc(-c2cc3nccnc3c(OC[C@@H]3CN(S(N)(=O)=O)CCO3)n2)cc1OC. The molecule has 12 heteroatoms. The first-order valence-electron chi connectivity index (χ1n) is 9.75. The van der Waals surface area contributed by atoms with Gasteiger partial charge in [0.1, 0.15) is 12.7 Å². The number of nitrogens with zero attached hydrogens (tertiary/aromatic N) is 4. The number of morpholine rings is 1. The van der Waals surface area contributed by atoms with Crippen LogP contribution in [0.4, 0.5) is 0 Å². The summed E-state index contributed by atoms with van der Waals surface area (Å²) in [7, 11) is -0.667. The first kappa shape index (κ1) is 22.1. The van der Waals surface area contributed by atoms with E-state index >= 15 is 0 Å². The molecule has 2 aromatic heterocycles. The van der Waals surface area contributed by atoms with Crippen molar-refractivity contribution in [1.29, 1.82) is 0 Å². The standard InChI is InChI=1S/C20H23N5O6S/c1-28-17-4-3-13(9-18(17)29-2)15-10-16-19(23-6-5-22-16)20(24-15)31-12-14-11-25(7-8-30-14)32(21,26)27/h3-6,9-10,14H,7-8,11-12H2,1-2H3,(H2,21,26,27)/t14-/m0/s1. The molecule has 0 amide bonds. The zero-order chi connectivity index (χ0) is 22.7. The summed E-state index contributed by atoms with van der Waals surface area (Å²) in [5, 5.41) is 5.23. The Hall–Kier alpha value is -3.06. The Balaban J connectivity index is 1.63. The van der Waals surface area contributed by atoms with Gasteiger partial charge in [0.15, 0.2) is 17.0 Å². The lowest BCUT2D eigenvalue weighted by Crippen LogP contribution is -2.49. The lowest BCUT2D eigenvalue weighted by Gasteiger charge is -2.30. The van der Waals surface area contributed by atoms with Gasteiger partial charge < -0.3 is 18.9 Å². The maximum absolute atomic E-state index is 11.6. The summed E-state index contributed by atoms with van der Waals surface area (Å²) < 4.78 is 46.7. The van der Waals surface area contributed by atoms with Crippen LogP contribution in [0.15, 0.2) is 36.7 Å². The van der Waals surface area contributed by atoms with E-state index in [1.165, 1.54) is 0 Å². The molecule has 1 aliphatic rings. The molecule has 0 saturated carbocycles. The van der Waals surface area contributed by atoms with Gasteiger partial charge in [-0.1, -0.05) is 0 Å². The van der Waals surface area contributed by atoms with Gasteiger partial charge in [0.05, 0.1) is 32.0 Å². The van der Waals surface area contributed by atoms with Gasteiger partial charge in [-0.15, -0.1) is 0 Å². The van der Waals surface area contributed by atoms with Gasteiger partial charge in [0.25, 0.3) is 10.2 Å². The Bertz CT molecular complexity index is 1220. The van der Waals surface area contributed by atoms with Crippen LogP contribution in [0.25, 0.3) is 22.3 Å². The summed E-state index contributed by atoms with van der Waals surface area (Å²) >= 11 is 0. The Labute approximate surface area is 185 Å². The van der Waals surface area contributed by atoms with Gasteiger partial charge >= 0.3 is 0 Å². The van der Waals surface area contributed by atoms with Crippen LogP contribution in [0.1, 0.15) is 0 Å². The van der Waals surface area contributed by atoms with E-state index in [-0.39, 0.29) is 32.2 Å². The molecule has 0 spiro atoms. The van der Waals surface area contributed by atoms with Crippen LogP contribution in [0, 0.1) is 0 Å². The summed E-state index contributed by atoms with van der Waals surface area (Å²) in [5.41, 5.74) is 2.45. The largest absolute Gasteiger partial charge is 0.493 e. The minimum Gasteiger partial charge on any atom is -0.493 e. The Morgan fingerprint density at radius 2 is 1.94 bits per heavy atom. The number of hydrogen-bond donors (Lipinski definition) is 1. The Kier molecular flexibility index (Phi) is 6.37. The highest BCUT2D eigenvalue weighted by molar-refractivity contribution is 7.86. The molecular weight excluding hydrogens is 438 g/mol. The van der Waals surface area contributed by atoms with Gasteiger partial charge in [0, 0.05) is 31.0 Å². The monoisotopic (exact) mass is 461 g/mol. The minimum absolute atomic E-state index is 0.0695. The average Bonchev–Trinajstić information content (AvgIpc) is 2.81. The maximum Gasteiger partial charge on any atom is 0.277 e. The van der Waals surface area contributed by atoms with Crippen molar-refractivity contribution in [1.82, 2.24) is 19.3 Å². The fraction of sp³-hybridized carbons (Fsp3) is 0.350. The summed E-state index contributed by atoms with van der Waals surface area (Å²) in [4.78, 5) is 13.3. The Morgan fingerprint density at radius 3 is 2.69 bits per heavy atom. The number of benzene rings is 1. The highest BCUT2D eigenvalue weighted by atomic mass is 32.2. The van der Waals surface area contributed by atoms with Gasteiger partial charge in [-0.05, 0) is 24.3 Å². The molecule has 4 rings (SSSR count). The van der Waals surface area contributed by atoms with Gasteiger partial charge in [-0.25, -0.2) is 15.1 Å². The van der Waals surface area contributed by atoms with E-state index in [0.717, 1.165) is 9.87 Å². The molecule has 0 radical (unpaired) electrons. The quantitative estimate of drug-likeness (QED) is 0.545. The molecule has 0 aliphatic carbocycles. The predicted octanol–water partition coefficient (Wildman–Crippen LogP) is 0.992. The summed E-state index contributed by atoms with van der Waals surface area (Å²) in [6, 6.07) is 7.25. The highest BCUT2D eigenvalue weighted by Crippen LogP contribution is 2.33. The van der Waals surface area contributed by atoms with Crippen molar-refractivity contribution in [3.05, 3.63) is 36.7 Å². The van der Waals surface area contributed by atoms with Gasteiger partial charge in [-0.2, -0.15) is 12.7 Å². The fourth-order valence-electron chi connectivity index (χ4n) is 3.38. The molecule has 1 aliphatic heterocycles. The molecule has 32 heavy (non-hydrogen) atoms. The second-order valence-electron chi connectivity index (χ2n) is 7.01. The molecule has 1 atom stereocenters. The predicted molar refractivity (Wildman–Crippen MR) is 116 cm³/mol. The van der Waals surface area contributed by atoms with E-state index < -0.39 is 16.3 Å². The van der Waals surface area contributed by atoms with Crippen molar-refractivity contribution in [2.75, 3.05) is 40.5 Å². The molecule has 170 valence electrons. The molecule has 3 heterocycles. The third-order valence-electron chi connectivity index (χ3n) is 4.97. The topological polar surface area (TPSA) is 139 Å². The number of pyridine rings is 1. The van der Waals surface area contributed by atoms with E-state index in [9.17, 15) is 8.42 Å². The molecule has 0 bridgehead atoms. The lowest BCUT2D eigenvalue weighted by atomic mass is 10.1. The fourth-order valence-corrected chi connectivity index (χ4v) is 4.09. The minimum atomic E-state index is -3.79. The molecule has 3 aromatic rings. The number of hydrogen-bond acceptors (Lipinski definition) is 9. The summed E-state index contributed by atoms with van der Waals surface area (Å²) in [6.07, 6.45) is 2.63. The van der Waals surface area contributed by atoms with Gasteiger partial charge in [0.2, 0.25) is 5.88 Å². The molecule has 0 unspecified atom stereocenters. The number of nitrogens with two attached hydrogens (primary N) is 1. The van der Waals surface area contributed by atoms with Crippen molar-refractivity contribution >= 4 is 21.2 Å². The van der Waals surface area contributed by atoms with Crippen LogP contribution in [0.2, 0.25) is 0 Å². The van der Waals surface area contributed by atoms with Crippen LogP contribution in [0.5, 0.6) is 17.4 Å². The maximum atomic E-state index is 11.6.